The van der Waals surface area contributed by atoms with Crippen molar-refractivity contribution in [1.29, 1.82) is 0 Å². The van der Waals surface area contributed by atoms with Gasteiger partial charge in [-0.25, -0.2) is 4.68 Å². The number of anilines is 1. The summed E-state index contributed by atoms with van der Waals surface area (Å²) in [6.45, 7) is 6.97. The minimum absolute atomic E-state index is 0.00852. The van der Waals surface area contributed by atoms with Gasteiger partial charge in [-0.1, -0.05) is 6.92 Å². The van der Waals surface area contributed by atoms with E-state index in [1.165, 1.54) is 12.8 Å². The molecule has 0 amide bonds. The second-order valence-electron chi connectivity index (χ2n) is 6.06. The van der Waals surface area contributed by atoms with Crippen molar-refractivity contribution in [2.75, 3.05) is 18.0 Å². The Balaban J connectivity index is 1.97. The molecule has 20 heavy (non-hydrogen) atoms. The standard InChI is InChI=1S/C15H26N4O/c1-12-5-8-18(9-6-12)14-10-15(20)19(17-11-14)7-3-4-13(2)16/h10-13H,3-9,16H2,1-2H3. The Labute approximate surface area is 120 Å². The summed E-state index contributed by atoms with van der Waals surface area (Å²) in [7, 11) is 0. The van der Waals surface area contributed by atoms with Crippen LogP contribution in [0.3, 0.4) is 0 Å². The SMILES string of the molecule is CC(N)CCCn1ncc(N2CCC(C)CC2)cc1=O. The Morgan fingerprint density at radius 1 is 1.45 bits per heavy atom. The molecular weight excluding hydrogens is 252 g/mol. The van der Waals surface area contributed by atoms with Crippen LogP contribution in [0.4, 0.5) is 5.69 Å². The smallest absolute Gasteiger partial charge is 0.268 e. The van der Waals surface area contributed by atoms with Crippen molar-refractivity contribution < 1.29 is 0 Å². The third kappa shape index (κ3) is 4.07. The summed E-state index contributed by atoms with van der Waals surface area (Å²) in [5, 5.41) is 4.29. The van der Waals surface area contributed by atoms with Gasteiger partial charge in [-0.15, -0.1) is 0 Å². The number of hydrogen-bond donors (Lipinski definition) is 1. The van der Waals surface area contributed by atoms with Crippen LogP contribution >= 0.6 is 0 Å². The Morgan fingerprint density at radius 2 is 2.15 bits per heavy atom. The largest absolute Gasteiger partial charge is 0.370 e. The Hall–Kier alpha value is -1.36. The maximum atomic E-state index is 12.1. The van der Waals surface area contributed by atoms with Gasteiger partial charge < -0.3 is 10.6 Å². The average Bonchev–Trinajstić information content (AvgIpc) is 2.41. The minimum Gasteiger partial charge on any atom is -0.370 e. The summed E-state index contributed by atoms with van der Waals surface area (Å²) >= 11 is 0. The van der Waals surface area contributed by atoms with Crippen molar-refractivity contribution in [3.8, 4) is 0 Å². The van der Waals surface area contributed by atoms with E-state index in [0.29, 0.717) is 6.54 Å². The van der Waals surface area contributed by atoms with E-state index in [2.05, 4.69) is 16.9 Å². The third-order valence-corrected chi connectivity index (χ3v) is 4.03. The number of rotatable bonds is 5. The summed E-state index contributed by atoms with van der Waals surface area (Å²) in [6, 6.07) is 1.90. The van der Waals surface area contributed by atoms with E-state index < -0.39 is 0 Å². The highest BCUT2D eigenvalue weighted by Crippen LogP contribution is 2.20. The number of piperidine rings is 1. The molecule has 2 heterocycles. The maximum absolute atomic E-state index is 12.1. The van der Waals surface area contributed by atoms with Crippen LogP contribution in [0.5, 0.6) is 0 Å². The molecule has 1 unspecified atom stereocenters. The van der Waals surface area contributed by atoms with Crippen LogP contribution in [0.15, 0.2) is 17.1 Å². The number of hydrogen-bond acceptors (Lipinski definition) is 4. The zero-order valence-electron chi connectivity index (χ0n) is 12.6. The van der Waals surface area contributed by atoms with Crippen LogP contribution in [0.2, 0.25) is 0 Å². The van der Waals surface area contributed by atoms with Crippen molar-refractivity contribution in [2.45, 2.75) is 52.1 Å². The van der Waals surface area contributed by atoms with E-state index in [9.17, 15) is 4.79 Å². The molecule has 2 N–H and O–H groups in total. The fourth-order valence-corrected chi connectivity index (χ4v) is 2.59. The molecular formula is C15H26N4O. The molecule has 0 bridgehead atoms. The van der Waals surface area contributed by atoms with Gasteiger partial charge in [-0.2, -0.15) is 5.10 Å². The molecule has 1 aromatic heterocycles. The van der Waals surface area contributed by atoms with Crippen LogP contribution in [0.25, 0.3) is 0 Å². The lowest BCUT2D eigenvalue weighted by Crippen LogP contribution is -2.34. The fraction of sp³-hybridized carbons (Fsp3) is 0.733. The normalized spacial score (nSPS) is 18.2. The van der Waals surface area contributed by atoms with Crippen molar-refractivity contribution in [3.63, 3.8) is 0 Å². The Morgan fingerprint density at radius 3 is 2.75 bits per heavy atom. The first-order chi connectivity index (χ1) is 9.56. The Kier molecular flexibility index (Phi) is 5.17. The highest BCUT2D eigenvalue weighted by atomic mass is 16.1. The molecule has 1 aliphatic heterocycles. The lowest BCUT2D eigenvalue weighted by Gasteiger charge is -2.31. The lowest BCUT2D eigenvalue weighted by molar-refractivity contribution is 0.437. The molecule has 1 aliphatic rings. The molecule has 112 valence electrons. The van der Waals surface area contributed by atoms with Gasteiger partial charge in [0, 0.05) is 31.7 Å². The summed E-state index contributed by atoms with van der Waals surface area (Å²) in [5.74, 6) is 0.790. The van der Waals surface area contributed by atoms with Gasteiger partial charge in [0.2, 0.25) is 0 Å². The second-order valence-corrected chi connectivity index (χ2v) is 6.06. The molecule has 0 aliphatic carbocycles. The van der Waals surface area contributed by atoms with Gasteiger partial charge >= 0.3 is 0 Å². The van der Waals surface area contributed by atoms with E-state index in [1.807, 2.05) is 13.1 Å². The first-order valence-corrected chi connectivity index (χ1v) is 7.64. The molecule has 1 saturated heterocycles. The molecule has 5 heteroatoms. The zero-order valence-corrected chi connectivity index (χ0v) is 12.6. The number of aryl methyl sites for hydroxylation is 1. The van der Waals surface area contributed by atoms with Crippen molar-refractivity contribution >= 4 is 5.69 Å². The van der Waals surface area contributed by atoms with E-state index in [0.717, 1.165) is 37.5 Å². The molecule has 0 saturated carbocycles. The minimum atomic E-state index is -0.00852. The van der Waals surface area contributed by atoms with Crippen molar-refractivity contribution in [1.82, 2.24) is 9.78 Å². The van der Waals surface area contributed by atoms with Crippen LogP contribution in [-0.2, 0) is 6.54 Å². The monoisotopic (exact) mass is 278 g/mol. The summed E-state index contributed by atoms with van der Waals surface area (Å²) < 4.78 is 1.54. The van der Waals surface area contributed by atoms with Gasteiger partial charge in [-0.05, 0) is 38.5 Å². The summed E-state index contributed by atoms with van der Waals surface area (Å²) in [6.07, 6.45) is 6.02. The predicted octanol–water partition coefficient (Wildman–Crippen LogP) is 1.61. The highest BCUT2D eigenvalue weighted by Gasteiger charge is 2.16. The lowest BCUT2D eigenvalue weighted by atomic mass is 9.99. The molecule has 0 radical (unpaired) electrons. The van der Waals surface area contributed by atoms with Crippen LogP contribution in [-0.4, -0.2) is 28.9 Å². The number of nitrogens with two attached hydrogens (primary N) is 1. The highest BCUT2D eigenvalue weighted by molar-refractivity contribution is 5.43. The van der Waals surface area contributed by atoms with E-state index in [4.69, 9.17) is 5.73 Å². The van der Waals surface area contributed by atoms with Crippen LogP contribution < -0.4 is 16.2 Å². The molecule has 5 nitrogen and oxygen atoms in total. The van der Waals surface area contributed by atoms with E-state index >= 15 is 0 Å². The van der Waals surface area contributed by atoms with Gasteiger partial charge in [0.25, 0.3) is 5.56 Å². The first-order valence-electron chi connectivity index (χ1n) is 7.64. The fourth-order valence-electron chi connectivity index (χ4n) is 2.59. The quantitative estimate of drug-likeness (QED) is 0.888. The molecule has 2 rings (SSSR count). The van der Waals surface area contributed by atoms with E-state index in [-0.39, 0.29) is 11.6 Å². The number of nitrogens with zero attached hydrogens (tertiary/aromatic N) is 3. The maximum Gasteiger partial charge on any atom is 0.268 e. The predicted molar refractivity (Wildman–Crippen MR) is 82.0 cm³/mol. The average molecular weight is 278 g/mol. The van der Waals surface area contributed by atoms with Gasteiger partial charge in [0.05, 0.1) is 11.9 Å². The van der Waals surface area contributed by atoms with Crippen molar-refractivity contribution in [2.24, 2.45) is 11.7 Å². The molecule has 1 aromatic rings. The van der Waals surface area contributed by atoms with Gasteiger partial charge in [0.1, 0.15) is 0 Å². The molecule has 1 fully saturated rings. The summed E-state index contributed by atoms with van der Waals surface area (Å²) in [5.41, 5.74) is 6.67. The zero-order chi connectivity index (χ0) is 14.5. The third-order valence-electron chi connectivity index (χ3n) is 4.03. The molecule has 1 atom stereocenters. The van der Waals surface area contributed by atoms with Crippen LogP contribution in [0, 0.1) is 5.92 Å². The molecule has 0 aromatic carbocycles. The van der Waals surface area contributed by atoms with Crippen LogP contribution in [0.1, 0.15) is 39.5 Å². The van der Waals surface area contributed by atoms with Gasteiger partial charge in [-0.3, -0.25) is 4.79 Å². The van der Waals surface area contributed by atoms with E-state index in [1.54, 1.807) is 10.7 Å². The first kappa shape index (κ1) is 15.0. The van der Waals surface area contributed by atoms with Crippen molar-refractivity contribution in [3.05, 3.63) is 22.6 Å². The summed E-state index contributed by atoms with van der Waals surface area (Å²) in [4.78, 5) is 14.3. The topological polar surface area (TPSA) is 64.2 Å². The van der Waals surface area contributed by atoms with Gasteiger partial charge in [0.15, 0.2) is 0 Å². The molecule has 0 spiro atoms. The second kappa shape index (κ2) is 6.88. The number of aromatic nitrogens is 2. The Bertz CT molecular complexity index is 475.